The first-order chi connectivity index (χ1) is 14.8. The Morgan fingerprint density at radius 2 is 1.84 bits per heavy atom. The first kappa shape index (κ1) is 23.3. The van der Waals surface area contributed by atoms with Gasteiger partial charge < -0.3 is 4.74 Å². The molecule has 0 unspecified atom stereocenters. The van der Waals surface area contributed by atoms with Gasteiger partial charge in [-0.05, 0) is 49.1 Å². The van der Waals surface area contributed by atoms with E-state index in [1.807, 2.05) is 0 Å². The predicted molar refractivity (Wildman–Crippen MR) is 108 cm³/mol. The Balaban J connectivity index is 1.61. The minimum Gasteiger partial charge on any atom is -0.373 e. The molecule has 0 radical (unpaired) electrons. The second-order valence-corrected chi connectivity index (χ2v) is 9.18. The largest absolute Gasteiger partial charge is 0.373 e. The lowest BCUT2D eigenvalue weighted by Gasteiger charge is -2.31. The molecule has 0 spiro atoms. The molecule has 2 aromatic carbocycles. The number of piperidine rings is 1. The molecular weight excluding hydrogens is 430 g/mol. The summed E-state index contributed by atoms with van der Waals surface area (Å²) in [6, 6.07) is 9.64. The van der Waals surface area contributed by atoms with E-state index in [1.54, 1.807) is 18.2 Å². The standard InChI is InChI=1S/C21H24F2N2O5S/c22-18-5-6-20(23)17(13-18)14-30-19-8-11-25(12-9-19)31(28,29)21-4-2-1-3-16(21)7-10-24(27)15-26/h1-6,13,15,19,27H,7-12,14H2. The van der Waals surface area contributed by atoms with Gasteiger partial charge in [0.2, 0.25) is 16.4 Å². The fourth-order valence-electron chi connectivity index (χ4n) is 3.49. The van der Waals surface area contributed by atoms with Gasteiger partial charge in [0.1, 0.15) is 11.6 Å². The summed E-state index contributed by atoms with van der Waals surface area (Å²) in [6.07, 6.45) is 1.03. The van der Waals surface area contributed by atoms with Crippen molar-refractivity contribution >= 4 is 16.4 Å². The van der Waals surface area contributed by atoms with Crippen molar-refractivity contribution in [1.82, 2.24) is 9.37 Å². The van der Waals surface area contributed by atoms with E-state index in [0.717, 1.165) is 18.2 Å². The van der Waals surface area contributed by atoms with Gasteiger partial charge >= 0.3 is 0 Å². The third kappa shape index (κ3) is 5.85. The molecule has 31 heavy (non-hydrogen) atoms. The number of hydrogen-bond donors (Lipinski definition) is 1. The second-order valence-electron chi connectivity index (χ2n) is 7.28. The zero-order chi connectivity index (χ0) is 22.4. The molecule has 0 aromatic heterocycles. The van der Waals surface area contributed by atoms with E-state index in [4.69, 9.17) is 4.74 Å². The fraction of sp³-hybridized carbons (Fsp3) is 0.381. The lowest BCUT2D eigenvalue weighted by molar-refractivity contribution is -0.149. The van der Waals surface area contributed by atoms with Crippen LogP contribution >= 0.6 is 0 Å². The zero-order valence-corrected chi connectivity index (χ0v) is 17.6. The molecule has 1 aliphatic heterocycles. The highest BCUT2D eigenvalue weighted by molar-refractivity contribution is 7.89. The Kier molecular flexibility index (Phi) is 7.71. The average molecular weight is 454 g/mol. The van der Waals surface area contributed by atoms with Gasteiger partial charge in [0.15, 0.2) is 0 Å². The Morgan fingerprint density at radius 3 is 2.55 bits per heavy atom. The van der Waals surface area contributed by atoms with Crippen LogP contribution in [0.2, 0.25) is 0 Å². The summed E-state index contributed by atoms with van der Waals surface area (Å²) >= 11 is 0. The Labute approximate surface area is 179 Å². The minimum atomic E-state index is -3.77. The summed E-state index contributed by atoms with van der Waals surface area (Å²) in [5.41, 5.74) is 0.626. The van der Waals surface area contributed by atoms with Crippen LogP contribution in [0.4, 0.5) is 8.78 Å². The van der Waals surface area contributed by atoms with E-state index in [1.165, 1.54) is 10.4 Å². The van der Waals surface area contributed by atoms with Gasteiger partial charge in [-0.3, -0.25) is 10.0 Å². The molecule has 3 rings (SSSR count). The van der Waals surface area contributed by atoms with Gasteiger partial charge in [0.25, 0.3) is 0 Å². The maximum Gasteiger partial charge on any atom is 0.243 e. The molecule has 1 saturated heterocycles. The Morgan fingerprint density at radius 1 is 1.13 bits per heavy atom. The molecule has 1 N–H and O–H groups in total. The molecule has 10 heteroatoms. The molecule has 7 nitrogen and oxygen atoms in total. The summed E-state index contributed by atoms with van der Waals surface area (Å²) in [5, 5.41) is 9.77. The lowest BCUT2D eigenvalue weighted by atomic mass is 10.1. The Bertz CT molecular complexity index is 1010. The Hall–Kier alpha value is -2.40. The molecule has 168 valence electrons. The number of carbonyl (C=O) groups is 1. The van der Waals surface area contributed by atoms with E-state index < -0.39 is 21.7 Å². The van der Waals surface area contributed by atoms with Crippen molar-refractivity contribution in [2.75, 3.05) is 19.6 Å². The van der Waals surface area contributed by atoms with Gasteiger partial charge in [0.05, 0.1) is 24.2 Å². The molecule has 0 saturated carbocycles. The average Bonchev–Trinajstić information content (AvgIpc) is 2.78. The van der Waals surface area contributed by atoms with Crippen molar-refractivity contribution in [2.45, 2.75) is 36.9 Å². The summed E-state index contributed by atoms with van der Waals surface area (Å²) in [5.74, 6) is -1.09. The van der Waals surface area contributed by atoms with E-state index in [0.29, 0.717) is 23.5 Å². The van der Waals surface area contributed by atoms with Crippen LogP contribution in [0.1, 0.15) is 24.0 Å². The van der Waals surface area contributed by atoms with Crippen molar-refractivity contribution in [2.24, 2.45) is 0 Å². The SMILES string of the molecule is O=CN(O)CCc1ccccc1S(=O)(=O)N1CCC(OCc2cc(F)ccc2F)CC1. The number of carbonyl (C=O) groups excluding carboxylic acids is 1. The number of rotatable bonds is 9. The first-order valence-electron chi connectivity index (χ1n) is 9.85. The molecule has 2 aromatic rings. The van der Waals surface area contributed by atoms with Crippen molar-refractivity contribution < 1.29 is 31.9 Å². The highest BCUT2D eigenvalue weighted by Gasteiger charge is 2.31. The van der Waals surface area contributed by atoms with Crippen LogP contribution in [0.25, 0.3) is 0 Å². The number of ether oxygens (including phenoxy) is 1. The van der Waals surface area contributed by atoms with Crippen LogP contribution in [0, 0.1) is 11.6 Å². The predicted octanol–water partition coefficient (Wildman–Crippen LogP) is 2.72. The third-order valence-electron chi connectivity index (χ3n) is 5.21. The van der Waals surface area contributed by atoms with Gasteiger partial charge in [-0.2, -0.15) is 4.31 Å². The number of amides is 1. The number of hydrogen-bond acceptors (Lipinski definition) is 5. The smallest absolute Gasteiger partial charge is 0.243 e. The van der Waals surface area contributed by atoms with E-state index in [2.05, 4.69) is 0 Å². The number of benzene rings is 2. The number of nitrogens with zero attached hydrogens (tertiary/aromatic N) is 2. The topological polar surface area (TPSA) is 87.2 Å². The summed E-state index contributed by atoms with van der Waals surface area (Å²) in [6.45, 7) is 0.349. The van der Waals surface area contributed by atoms with Gasteiger partial charge in [0, 0.05) is 18.7 Å². The second kappa shape index (κ2) is 10.3. The quantitative estimate of drug-likeness (QED) is 0.358. The maximum atomic E-state index is 13.7. The van der Waals surface area contributed by atoms with E-state index >= 15 is 0 Å². The van der Waals surface area contributed by atoms with Gasteiger partial charge in [-0.25, -0.2) is 22.3 Å². The highest BCUT2D eigenvalue weighted by Crippen LogP contribution is 2.25. The van der Waals surface area contributed by atoms with Crippen molar-refractivity contribution in [3.63, 3.8) is 0 Å². The molecule has 0 aliphatic carbocycles. The van der Waals surface area contributed by atoms with Gasteiger partial charge in [-0.15, -0.1) is 0 Å². The van der Waals surface area contributed by atoms with Crippen LogP contribution in [-0.4, -0.2) is 55.1 Å². The molecule has 1 aliphatic rings. The van der Waals surface area contributed by atoms with Crippen LogP contribution in [-0.2, 0) is 32.6 Å². The van der Waals surface area contributed by atoms with Crippen LogP contribution in [0.15, 0.2) is 47.4 Å². The molecule has 0 bridgehead atoms. The van der Waals surface area contributed by atoms with Crippen molar-refractivity contribution in [3.8, 4) is 0 Å². The monoisotopic (exact) mass is 454 g/mol. The van der Waals surface area contributed by atoms with Gasteiger partial charge in [-0.1, -0.05) is 18.2 Å². The summed E-state index contributed by atoms with van der Waals surface area (Å²) in [4.78, 5) is 10.7. The van der Waals surface area contributed by atoms with Crippen LogP contribution in [0.3, 0.4) is 0 Å². The van der Waals surface area contributed by atoms with Crippen LogP contribution in [0.5, 0.6) is 0 Å². The maximum absolute atomic E-state index is 13.7. The number of hydroxylamine groups is 2. The van der Waals surface area contributed by atoms with E-state index in [9.17, 15) is 27.2 Å². The third-order valence-corrected chi connectivity index (χ3v) is 7.20. The summed E-state index contributed by atoms with van der Waals surface area (Å²) in [7, 11) is -3.77. The highest BCUT2D eigenvalue weighted by atomic mass is 32.2. The first-order valence-corrected chi connectivity index (χ1v) is 11.3. The minimum absolute atomic E-state index is 0.0252. The molecular formula is C21H24F2N2O5S. The molecule has 1 fully saturated rings. The zero-order valence-electron chi connectivity index (χ0n) is 16.8. The summed E-state index contributed by atoms with van der Waals surface area (Å²) < 4.78 is 60.3. The molecule has 0 atom stereocenters. The van der Waals surface area contributed by atoms with Crippen molar-refractivity contribution in [1.29, 1.82) is 0 Å². The van der Waals surface area contributed by atoms with Crippen molar-refractivity contribution in [3.05, 3.63) is 65.2 Å². The lowest BCUT2D eigenvalue weighted by Crippen LogP contribution is -2.41. The normalized spacial score (nSPS) is 15.7. The van der Waals surface area contributed by atoms with Crippen LogP contribution < -0.4 is 0 Å². The molecule has 1 heterocycles. The fourth-order valence-corrected chi connectivity index (χ4v) is 5.21. The number of sulfonamides is 1. The van der Waals surface area contributed by atoms with E-state index in [-0.39, 0.29) is 55.6 Å². The molecule has 1 amide bonds. The number of halogens is 2.